The van der Waals surface area contributed by atoms with Gasteiger partial charge in [-0.15, -0.1) is 5.10 Å². The summed E-state index contributed by atoms with van der Waals surface area (Å²) in [5, 5.41) is 8.62. The molecule has 0 spiro atoms. The Hall–Kier alpha value is -2.74. The number of carbonyl (C=O) groups excluding carboxylic acids is 1. The van der Waals surface area contributed by atoms with Crippen molar-refractivity contribution in [1.82, 2.24) is 14.8 Å². The highest BCUT2D eigenvalue weighted by Crippen LogP contribution is 2.37. The van der Waals surface area contributed by atoms with Gasteiger partial charge in [0.2, 0.25) is 11.1 Å². The van der Waals surface area contributed by atoms with Crippen LogP contribution in [-0.4, -0.2) is 39.7 Å². The summed E-state index contributed by atoms with van der Waals surface area (Å²) < 4.78 is 13.1. The van der Waals surface area contributed by atoms with Crippen molar-refractivity contribution in [1.29, 1.82) is 0 Å². The number of carbonyl (C=O) groups is 1. The van der Waals surface area contributed by atoms with Crippen molar-refractivity contribution < 1.29 is 14.3 Å². The van der Waals surface area contributed by atoms with Gasteiger partial charge < -0.3 is 14.8 Å². The summed E-state index contributed by atoms with van der Waals surface area (Å²) in [6, 6.07) is 7.41. The van der Waals surface area contributed by atoms with Gasteiger partial charge in [-0.3, -0.25) is 0 Å². The van der Waals surface area contributed by atoms with Crippen molar-refractivity contribution in [2.24, 2.45) is 0 Å². The van der Waals surface area contributed by atoms with Crippen LogP contribution >= 0.6 is 11.8 Å². The van der Waals surface area contributed by atoms with E-state index in [9.17, 15) is 4.79 Å². The van der Waals surface area contributed by atoms with Crippen molar-refractivity contribution in [2.45, 2.75) is 64.1 Å². The molecule has 7 nitrogen and oxygen atoms in total. The van der Waals surface area contributed by atoms with Crippen LogP contribution in [0.5, 0.6) is 5.75 Å². The van der Waals surface area contributed by atoms with Crippen molar-refractivity contribution in [3.05, 3.63) is 53.8 Å². The van der Waals surface area contributed by atoms with Gasteiger partial charge >= 0.3 is 5.97 Å². The first-order chi connectivity index (χ1) is 16.1. The van der Waals surface area contributed by atoms with Crippen LogP contribution in [0.1, 0.15) is 64.5 Å². The Morgan fingerprint density at radius 2 is 2.00 bits per heavy atom. The quantitative estimate of drug-likeness (QED) is 0.173. The molecule has 178 valence electrons. The van der Waals surface area contributed by atoms with Crippen LogP contribution < -0.4 is 10.1 Å². The average Bonchev–Trinajstić information content (AvgIpc) is 3.23. The predicted octanol–water partition coefficient (Wildman–Crippen LogP) is 5.76. The SMILES string of the molecule is C=CCOC(=O)C1=C(C)Nc2nc(SCCC)nn2C1c1ccc(OCCCCCC)cc1. The number of esters is 1. The summed E-state index contributed by atoms with van der Waals surface area (Å²) in [4.78, 5) is 17.6. The van der Waals surface area contributed by atoms with Crippen LogP contribution in [-0.2, 0) is 9.53 Å². The van der Waals surface area contributed by atoms with E-state index in [-0.39, 0.29) is 6.61 Å². The molecule has 1 aromatic heterocycles. The molecular weight excluding hydrogens is 436 g/mol. The Balaban J connectivity index is 1.87. The standard InChI is InChI=1S/C25H34N4O3S/c1-5-8-9-10-16-31-20-13-11-19(12-14-20)22-21(23(30)32-15-6-2)18(4)26-24-27-25(28-29(22)24)33-17-7-3/h6,11-14,22H,2,5,7-10,15-17H2,1,3-4H3,(H,26,27,28). The minimum Gasteiger partial charge on any atom is -0.494 e. The third-order valence-electron chi connectivity index (χ3n) is 5.28. The van der Waals surface area contributed by atoms with Gasteiger partial charge in [0.15, 0.2) is 0 Å². The van der Waals surface area contributed by atoms with Crippen molar-refractivity contribution in [3.63, 3.8) is 0 Å². The van der Waals surface area contributed by atoms with Crippen molar-refractivity contribution in [2.75, 3.05) is 24.3 Å². The van der Waals surface area contributed by atoms with E-state index in [2.05, 4.69) is 30.7 Å². The fraction of sp³-hybridized carbons (Fsp3) is 0.480. The second-order valence-corrected chi connectivity index (χ2v) is 9.00. The highest BCUT2D eigenvalue weighted by molar-refractivity contribution is 7.99. The van der Waals surface area contributed by atoms with Crippen molar-refractivity contribution >= 4 is 23.7 Å². The Morgan fingerprint density at radius 1 is 1.21 bits per heavy atom. The summed E-state index contributed by atoms with van der Waals surface area (Å²) in [6.07, 6.45) is 7.25. The molecule has 8 heteroatoms. The predicted molar refractivity (Wildman–Crippen MR) is 133 cm³/mol. The Morgan fingerprint density at radius 3 is 2.70 bits per heavy atom. The number of anilines is 1. The fourth-order valence-corrected chi connectivity index (χ4v) is 4.32. The number of unbranched alkanes of at least 4 members (excludes halogenated alkanes) is 3. The summed E-state index contributed by atoms with van der Waals surface area (Å²) in [5.41, 5.74) is 2.13. The molecule has 1 N–H and O–H groups in total. The third kappa shape index (κ3) is 6.41. The van der Waals surface area contributed by atoms with Gasteiger partial charge in [-0.2, -0.15) is 4.98 Å². The molecule has 0 aliphatic carbocycles. The highest BCUT2D eigenvalue weighted by Gasteiger charge is 2.35. The molecule has 1 aliphatic rings. The molecule has 0 fully saturated rings. The number of nitrogens with zero attached hydrogens (tertiary/aromatic N) is 3. The van der Waals surface area contributed by atoms with Gasteiger partial charge in [-0.1, -0.05) is 69.7 Å². The second-order valence-electron chi connectivity index (χ2n) is 7.94. The van der Waals surface area contributed by atoms with E-state index < -0.39 is 12.0 Å². The molecular formula is C25H34N4O3S. The number of benzene rings is 1. The summed E-state index contributed by atoms with van der Waals surface area (Å²) in [6.45, 7) is 10.7. The molecule has 1 unspecified atom stereocenters. The number of rotatable bonds is 13. The molecule has 2 aromatic rings. The van der Waals surface area contributed by atoms with Crippen LogP contribution in [0.2, 0.25) is 0 Å². The molecule has 0 radical (unpaired) electrons. The first-order valence-corrected chi connectivity index (χ1v) is 12.7. The summed E-state index contributed by atoms with van der Waals surface area (Å²) in [7, 11) is 0. The molecule has 1 atom stereocenters. The maximum Gasteiger partial charge on any atom is 0.338 e. The number of fused-ring (bicyclic) bond motifs is 1. The van der Waals surface area contributed by atoms with Gasteiger partial charge in [0.1, 0.15) is 18.4 Å². The van der Waals surface area contributed by atoms with E-state index in [1.54, 1.807) is 22.5 Å². The zero-order chi connectivity index (χ0) is 23.6. The van der Waals surface area contributed by atoms with Crippen LogP contribution in [0.4, 0.5) is 5.95 Å². The van der Waals surface area contributed by atoms with E-state index in [1.807, 2.05) is 31.2 Å². The lowest BCUT2D eigenvalue weighted by Gasteiger charge is -2.28. The zero-order valence-electron chi connectivity index (χ0n) is 19.8. The number of allylic oxidation sites excluding steroid dienone is 1. The molecule has 2 heterocycles. The number of hydrogen-bond donors (Lipinski definition) is 1. The van der Waals surface area contributed by atoms with Gasteiger partial charge in [0.05, 0.1) is 12.2 Å². The van der Waals surface area contributed by atoms with Crippen molar-refractivity contribution in [3.8, 4) is 5.75 Å². The second kappa shape index (κ2) is 12.5. The van der Waals surface area contributed by atoms with E-state index in [0.717, 1.165) is 29.9 Å². The smallest absolute Gasteiger partial charge is 0.338 e. The minimum absolute atomic E-state index is 0.148. The summed E-state index contributed by atoms with van der Waals surface area (Å²) >= 11 is 1.60. The van der Waals surface area contributed by atoms with Crippen LogP contribution in [0.15, 0.2) is 53.3 Å². The molecule has 1 aliphatic heterocycles. The fourth-order valence-electron chi connectivity index (χ4n) is 3.64. The van der Waals surface area contributed by atoms with Crippen LogP contribution in [0.25, 0.3) is 0 Å². The Kier molecular flexibility index (Phi) is 9.42. The number of hydrogen-bond acceptors (Lipinski definition) is 7. The number of ether oxygens (including phenoxy) is 2. The molecule has 0 bridgehead atoms. The van der Waals surface area contributed by atoms with Gasteiger partial charge in [-0.25, -0.2) is 9.48 Å². The van der Waals surface area contributed by atoms with Gasteiger partial charge in [0.25, 0.3) is 0 Å². The monoisotopic (exact) mass is 470 g/mol. The first kappa shape index (κ1) is 24.9. The van der Waals surface area contributed by atoms with Gasteiger partial charge in [0, 0.05) is 11.4 Å². The van der Waals surface area contributed by atoms with Crippen LogP contribution in [0, 0.1) is 0 Å². The van der Waals surface area contributed by atoms with E-state index in [1.165, 1.54) is 19.3 Å². The largest absolute Gasteiger partial charge is 0.494 e. The molecule has 0 saturated heterocycles. The third-order valence-corrected chi connectivity index (χ3v) is 6.33. The number of aromatic nitrogens is 3. The maximum absolute atomic E-state index is 13.0. The zero-order valence-corrected chi connectivity index (χ0v) is 20.6. The van der Waals surface area contributed by atoms with E-state index in [4.69, 9.17) is 14.6 Å². The Bertz CT molecular complexity index is 969. The number of thioether (sulfide) groups is 1. The molecule has 0 saturated carbocycles. The number of nitrogens with one attached hydrogen (secondary N) is 1. The molecule has 1 aromatic carbocycles. The molecule has 33 heavy (non-hydrogen) atoms. The highest BCUT2D eigenvalue weighted by atomic mass is 32.2. The van der Waals surface area contributed by atoms with Gasteiger partial charge in [-0.05, 0) is 37.5 Å². The van der Waals surface area contributed by atoms with E-state index in [0.29, 0.717) is 29.0 Å². The first-order valence-electron chi connectivity index (χ1n) is 11.7. The lowest BCUT2D eigenvalue weighted by molar-refractivity contribution is -0.138. The summed E-state index contributed by atoms with van der Waals surface area (Å²) in [5.74, 6) is 1.97. The lowest BCUT2D eigenvalue weighted by Crippen LogP contribution is -2.29. The van der Waals surface area contributed by atoms with Crippen LogP contribution in [0.3, 0.4) is 0 Å². The Labute approximate surface area is 200 Å². The van der Waals surface area contributed by atoms with E-state index >= 15 is 0 Å². The topological polar surface area (TPSA) is 78.3 Å². The maximum atomic E-state index is 13.0. The average molecular weight is 471 g/mol. The lowest BCUT2D eigenvalue weighted by atomic mass is 9.96. The molecule has 3 rings (SSSR count). The normalized spacial score (nSPS) is 15.1. The minimum atomic E-state index is -0.444. The molecule has 0 amide bonds.